The van der Waals surface area contributed by atoms with Gasteiger partial charge in [0.1, 0.15) is 5.75 Å². The third-order valence-corrected chi connectivity index (χ3v) is 2.27. The van der Waals surface area contributed by atoms with Gasteiger partial charge in [-0.1, -0.05) is 0 Å². The molecule has 2 aromatic rings. The zero-order valence-electron chi connectivity index (χ0n) is 9.55. The van der Waals surface area contributed by atoms with Crippen molar-refractivity contribution in [1.82, 2.24) is 10.2 Å². The molecular weight excluding hydrogens is 216 g/mol. The maximum atomic E-state index is 5.37. The molecule has 1 aromatic heterocycles. The number of anilines is 1. The van der Waals surface area contributed by atoms with Gasteiger partial charge in [0.15, 0.2) is 5.82 Å². The average molecular weight is 230 g/mol. The minimum absolute atomic E-state index is 0.541. The number of nitrogens with two attached hydrogens (primary N) is 1. The van der Waals surface area contributed by atoms with Gasteiger partial charge >= 0.3 is 0 Å². The minimum Gasteiger partial charge on any atom is -0.494 e. The lowest BCUT2D eigenvalue weighted by molar-refractivity contribution is 0.340. The van der Waals surface area contributed by atoms with Crippen molar-refractivity contribution in [2.45, 2.75) is 6.92 Å². The van der Waals surface area contributed by atoms with Crippen LogP contribution in [-0.2, 0) is 0 Å². The summed E-state index contributed by atoms with van der Waals surface area (Å²) < 4.78 is 5.37. The van der Waals surface area contributed by atoms with E-state index in [1.54, 1.807) is 6.07 Å². The molecule has 0 saturated carbocycles. The summed E-state index contributed by atoms with van der Waals surface area (Å²) in [6.45, 7) is 2.62. The highest BCUT2D eigenvalue weighted by molar-refractivity contribution is 5.60. The SMILES string of the molecule is CCOc1ccc(-c2ccc(NN)nn2)cc1. The first-order valence-electron chi connectivity index (χ1n) is 5.37. The molecule has 2 rings (SSSR count). The van der Waals surface area contributed by atoms with E-state index < -0.39 is 0 Å². The Labute approximate surface area is 99.6 Å². The van der Waals surface area contributed by atoms with Gasteiger partial charge in [0.2, 0.25) is 0 Å². The second kappa shape index (κ2) is 5.27. The van der Waals surface area contributed by atoms with Crippen molar-refractivity contribution < 1.29 is 4.74 Å². The summed E-state index contributed by atoms with van der Waals surface area (Å²) in [6.07, 6.45) is 0. The molecule has 0 saturated heterocycles. The molecule has 1 aromatic carbocycles. The monoisotopic (exact) mass is 230 g/mol. The zero-order chi connectivity index (χ0) is 12.1. The Morgan fingerprint density at radius 2 is 1.88 bits per heavy atom. The highest BCUT2D eigenvalue weighted by atomic mass is 16.5. The second-order valence-corrected chi connectivity index (χ2v) is 3.41. The minimum atomic E-state index is 0.541. The van der Waals surface area contributed by atoms with Gasteiger partial charge < -0.3 is 10.2 Å². The summed E-state index contributed by atoms with van der Waals surface area (Å²) in [7, 11) is 0. The number of nitrogens with one attached hydrogen (secondary N) is 1. The predicted molar refractivity (Wildman–Crippen MR) is 66.4 cm³/mol. The van der Waals surface area contributed by atoms with Gasteiger partial charge in [0, 0.05) is 5.56 Å². The topological polar surface area (TPSA) is 73.1 Å². The summed E-state index contributed by atoms with van der Waals surface area (Å²) in [5.74, 6) is 6.62. The maximum absolute atomic E-state index is 5.37. The number of aromatic nitrogens is 2. The van der Waals surface area contributed by atoms with Gasteiger partial charge in [-0.3, -0.25) is 0 Å². The van der Waals surface area contributed by atoms with Gasteiger partial charge in [-0.25, -0.2) is 5.84 Å². The molecule has 0 unspecified atom stereocenters. The second-order valence-electron chi connectivity index (χ2n) is 3.41. The zero-order valence-corrected chi connectivity index (χ0v) is 9.55. The molecule has 88 valence electrons. The molecule has 0 aliphatic rings. The van der Waals surface area contributed by atoms with Gasteiger partial charge in [0.05, 0.1) is 12.3 Å². The maximum Gasteiger partial charge on any atom is 0.162 e. The molecule has 5 heteroatoms. The van der Waals surface area contributed by atoms with Crippen molar-refractivity contribution in [2.24, 2.45) is 5.84 Å². The van der Waals surface area contributed by atoms with Gasteiger partial charge in [-0.15, -0.1) is 10.2 Å². The quantitative estimate of drug-likeness (QED) is 0.619. The summed E-state index contributed by atoms with van der Waals surface area (Å²) in [6, 6.07) is 11.4. The predicted octanol–water partition coefficient (Wildman–Crippen LogP) is 1.83. The van der Waals surface area contributed by atoms with Crippen molar-refractivity contribution in [1.29, 1.82) is 0 Å². The first kappa shape index (κ1) is 11.3. The molecule has 0 aliphatic carbocycles. The van der Waals surface area contributed by atoms with Crippen LogP contribution < -0.4 is 16.0 Å². The van der Waals surface area contributed by atoms with E-state index in [2.05, 4.69) is 15.6 Å². The average Bonchev–Trinajstić information content (AvgIpc) is 2.40. The number of hydrogen-bond donors (Lipinski definition) is 2. The molecule has 0 spiro atoms. The normalized spacial score (nSPS) is 10.0. The lowest BCUT2D eigenvalue weighted by Gasteiger charge is -2.04. The lowest BCUT2D eigenvalue weighted by Crippen LogP contribution is -2.08. The molecule has 0 bridgehead atoms. The molecule has 17 heavy (non-hydrogen) atoms. The largest absolute Gasteiger partial charge is 0.494 e. The van der Waals surface area contributed by atoms with E-state index in [0.717, 1.165) is 17.0 Å². The number of rotatable bonds is 4. The van der Waals surface area contributed by atoms with Crippen LogP contribution in [0.4, 0.5) is 5.82 Å². The summed E-state index contributed by atoms with van der Waals surface area (Å²) >= 11 is 0. The Hall–Kier alpha value is -2.14. The molecule has 0 aliphatic heterocycles. The highest BCUT2D eigenvalue weighted by Crippen LogP contribution is 2.20. The van der Waals surface area contributed by atoms with Crippen LogP contribution in [0.15, 0.2) is 36.4 Å². The summed E-state index contributed by atoms with van der Waals surface area (Å²) in [5.41, 5.74) is 4.23. The Bertz CT molecular complexity index is 467. The molecule has 0 atom stereocenters. The fraction of sp³-hybridized carbons (Fsp3) is 0.167. The number of nitrogen functional groups attached to an aromatic ring is 1. The highest BCUT2D eigenvalue weighted by Gasteiger charge is 2.01. The van der Waals surface area contributed by atoms with E-state index >= 15 is 0 Å². The smallest absolute Gasteiger partial charge is 0.162 e. The van der Waals surface area contributed by atoms with Crippen LogP contribution in [0, 0.1) is 0 Å². The van der Waals surface area contributed by atoms with Crippen LogP contribution in [0.3, 0.4) is 0 Å². The van der Waals surface area contributed by atoms with E-state index in [1.165, 1.54) is 0 Å². The standard InChI is InChI=1S/C12H14N4O/c1-2-17-10-5-3-9(4-6-10)11-7-8-12(14-13)16-15-11/h3-8H,2,13H2,1H3,(H,14,16). The van der Waals surface area contributed by atoms with Crippen molar-refractivity contribution >= 4 is 5.82 Å². The van der Waals surface area contributed by atoms with Gasteiger partial charge in [0.25, 0.3) is 0 Å². The Balaban J connectivity index is 2.20. The Morgan fingerprint density at radius 3 is 2.41 bits per heavy atom. The van der Waals surface area contributed by atoms with Crippen molar-refractivity contribution in [3.8, 4) is 17.0 Å². The van der Waals surface area contributed by atoms with Crippen molar-refractivity contribution in [2.75, 3.05) is 12.0 Å². The van der Waals surface area contributed by atoms with Crippen LogP contribution in [0.25, 0.3) is 11.3 Å². The van der Waals surface area contributed by atoms with E-state index in [0.29, 0.717) is 12.4 Å². The Kier molecular flexibility index (Phi) is 3.52. The first-order valence-corrected chi connectivity index (χ1v) is 5.37. The number of hydrogen-bond acceptors (Lipinski definition) is 5. The summed E-state index contributed by atoms with van der Waals surface area (Å²) in [5, 5.41) is 7.98. The van der Waals surface area contributed by atoms with Crippen LogP contribution >= 0.6 is 0 Å². The van der Waals surface area contributed by atoms with Crippen LogP contribution in [0.1, 0.15) is 6.92 Å². The van der Waals surface area contributed by atoms with Crippen LogP contribution in [-0.4, -0.2) is 16.8 Å². The van der Waals surface area contributed by atoms with Crippen molar-refractivity contribution in [3.05, 3.63) is 36.4 Å². The molecule has 1 heterocycles. The number of hydrazine groups is 1. The third kappa shape index (κ3) is 2.70. The third-order valence-electron chi connectivity index (χ3n) is 2.27. The van der Waals surface area contributed by atoms with Crippen molar-refractivity contribution in [3.63, 3.8) is 0 Å². The van der Waals surface area contributed by atoms with E-state index in [-0.39, 0.29) is 0 Å². The molecular formula is C12H14N4O. The van der Waals surface area contributed by atoms with E-state index in [4.69, 9.17) is 10.6 Å². The van der Waals surface area contributed by atoms with Crippen LogP contribution in [0.5, 0.6) is 5.75 Å². The number of nitrogens with zero attached hydrogens (tertiary/aromatic N) is 2. The summed E-state index contributed by atoms with van der Waals surface area (Å²) in [4.78, 5) is 0. The Morgan fingerprint density at radius 1 is 1.12 bits per heavy atom. The van der Waals surface area contributed by atoms with Gasteiger partial charge in [-0.05, 0) is 43.3 Å². The fourth-order valence-electron chi connectivity index (χ4n) is 1.45. The van der Waals surface area contributed by atoms with E-state index in [1.807, 2.05) is 37.3 Å². The molecule has 5 nitrogen and oxygen atoms in total. The number of ether oxygens (including phenoxy) is 1. The molecule has 0 radical (unpaired) electrons. The molecule has 3 N–H and O–H groups in total. The van der Waals surface area contributed by atoms with Crippen LogP contribution in [0.2, 0.25) is 0 Å². The lowest BCUT2D eigenvalue weighted by atomic mass is 10.1. The van der Waals surface area contributed by atoms with Gasteiger partial charge in [-0.2, -0.15) is 0 Å². The van der Waals surface area contributed by atoms with E-state index in [9.17, 15) is 0 Å². The molecule has 0 amide bonds. The first-order chi connectivity index (χ1) is 8.33. The number of benzene rings is 1. The fourth-order valence-corrected chi connectivity index (χ4v) is 1.45. The molecule has 0 fully saturated rings.